The SMILES string of the molecule is CCSCCC(C)Nc1ccc(C(=O)O)cc1F. The molecule has 0 aliphatic heterocycles. The zero-order valence-corrected chi connectivity index (χ0v) is 11.4. The number of hydrogen-bond donors (Lipinski definition) is 2. The van der Waals surface area contributed by atoms with Gasteiger partial charge in [-0.15, -0.1) is 0 Å². The lowest BCUT2D eigenvalue weighted by Gasteiger charge is -2.15. The van der Waals surface area contributed by atoms with Gasteiger partial charge < -0.3 is 10.4 Å². The van der Waals surface area contributed by atoms with Crippen LogP contribution in [0.1, 0.15) is 30.6 Å². The second-order valence-corrected chi connectivity index (χ2v) is 5.42. The molecule has 0 heterocycles. The fourth-order valence-electron chi connectivity index (χ4n) is 1.51. The van der Waals surface area contributed by atoms with Gasteiger partial charge in [0.25, 0.3) is 0 Å². The summed E-state index contributed by atoms with van der Waals surface area (Å²) in [5.41, 5.74) is 0.321. The van der Waals surface area contributed by atoms with Crippen LogP contribution in [-0.2, 0) is 0 Å². The van der Waals surface area contributed by atoms with Crippen molar-refractivity contribution in [2.24, 2.45) is 0 Å². The molecular formula is C13H18FNO2S. The first-order chi connectivity index (χ1) is 8.54. The predicted molar refractivity (Wildman–Crippen MR) is 74.1 cm³/mol. The minimum absolute atomic E-state index is 0.0350. The largest absolute Gasteiger partial charge is 0.478 e. The number of carbonyl (C=O) groups is 1. The summed E-state index contributed by atoms with van der Waals surface area (Å²) in [6, 6.07) is 4.08. The van der Waals surface area contributed by atoms with Crippen molar-refractivity contribution in [2.75, 3.05) is 16.8 Å². The molecule has 0 aromatic heterocycles. The predicted octanol–water partition coefficient (Wildman–Crippen LogP) is 3.47. The maximum absolute atomic E-state index is 13.6. The molecule has 5 heteroatoms. The zero-order valence-electron chi connectivity index (χ0n) is 10.6. The highest BCUT2D eigenvalue weighted by Crippen LogP contribution is 2.18. The molecule has 0 amide bonds. The van der Waals surface area contributed by atoms with E-state index >= 15 is 0 Å². The molecule has 0 spiro atoms. The lowest BCUT2D eigenvalue weighted by Crippen LogP contribution is -2.17. The number of nitrogens with one attached hydrogen (secondary N) is 1. The number of hydrogen-bond acceptors (Lipinski definition) is 3. The Bertz CT molecular complexity index is 412. The number of thioether (sulfide) groups is 1. The Morgan fingerprint density at radius 2 is 2.28 bits per heavy atom. The van der Waals surface area contributed by atoms with Gasteiger partial charge >= 0.3 is 5.97 Å². The van der Waals surface area contributed by atoms with Gasteiger partial charge in [-0.3, -0.25) is 0 Å². The van der Waals surface area contributed by atoms with Crippen molar-refractivity contribution >= 4 is 23.4 Å². The minimum atomic E-state index is -1.12. The maximum atomic E-state index is 13.6. The third-order valence-corrected chi connectivity index (χ3v) is 3.45. The number of benzene rings is 1. The molecule has 1 rings (SSSR count). The number of rotatable bonds is 7. The molecule has 1 aromatic rings. The molecule has 1 unspecified atom stereocenters. The van der Waals surface area contributed by atoms with Crippen LogP contribution in [0, 0.1) is 5.82 Å². The van der Waals surface area contributed by atoms with E-state index in [1.54, 1.807) is 0 Å². The average Bonchev–Trinajstić information content (AvgIpc) is 2.32. The lowest BCUT2D eigenvalue weighted by molar-refractivity contribution is 0.0696. The summed E-state index contributed by atoms with van der Waals surface area (Å²) in [6.45, 7) is 4.09. The van der Waals surface area contributed by atoms with Crippen LogP contribution in [0.2, 0.25) is 0 Å². The first-order valence-corrected chi connectivity index (χ1v) is 7.07. The fraction of sp³-hybridized carbons (Fsp3) is 0.462. The summed E-state index contributed by atoms with van der Waals surface area (Å²) in [5.74, 6) is 0.464. The minimum Gasteiger partial charge on any atom is -0.478 e. The van der Waals surface area contributed by atoms with E-state index in [1.807, 2.05) is 18.7 Å². The van der Waals surface area contributed by atoms with Crippen LogP contribution < -0.4 is 5.32 Å². The van der Waals surface area contributed by atoms with Gasteiger partial charge in [0.05, 0.1) is 11.3 Å². The van der Waals surface area contributed by atoms with Gasteiger partial charge in [0.1, 0.15) is 5.82 Å². The highest BCUT2D eigenvalue weighted by atomic mass is 32.2. The lowest BCUT2D eigenvalue weighted by atomic mass is 10.1. The highest BCUT2D eigenvalue weighted by molar-refractivity contribution is 7.99. The van der Waals surface area contributed by atoms with Crippen molar-refractivity contribution in [3.05, 3.63) is 29.6 Å². The van der Waals surface area contributed by atoms with Gasteiger partial charge in [-0.2, -0.15) is 11.8 Å². The van der Waals surface area contributed by atoms with Crippen LogP contribution in [0.25, 0.3) is 0 Å². The topological polar surface area (TPSA) is 49.3 Å². The fourth-order valence-corrected chi connectivity index (χ4v) is 2.32. The second kappa shape index (κ2) is 7.26. The molecule has 0 bridgehead atoms. The van der Waals surface area contributed by atoms with Gasteiger partial charge in [0.2, 0.25) is 0 Å². The van der Waals surface area contributed by atoms with E-state index in [0.29, 0.717) is 5.69 Å². The molecule has 3 nitrogen and oxygen atoms in total. The Balaban J connectivity index is 2.59. The molecule has 0 saturated carbocycles. The standard InChI is InChI=1S/C13H18FNO2S/c1-3-18-7-6-9(2)15-12-5-4-10(13(16)17)8-11(12)14/h4-5,8-9,15H,3,6-7H2,1-2H3,(H,16,17). The van der Waals surface area contributed by atoms with Crippen LogP contribution in [-0.4, -0.2) is 28.6 Å². The van der Waals surface area contributed by atoms with Gasteiger partial charge in [-0.05, 0) is 43.0 Å². The summed E-state index contributed by atoms with van der Waals surface area (Å²) >= 11 is 1.85. The van der Waals surface area contributed by atoms with Gasteiger partial charge in [0.15, 0.2) is 0 Å². The van der Waals surface area contributed by atoms with E-state index in [0.717, 1.165) is 24.0 Å². The molecular weight excluding hydrogens is 253 g/mol. The summed E-state index contributed by atoms with van der Waals surface area (Å²) in [6.07, 6.45) is 0.943. The van der Waals surface area contributed by atoms with E-state index < -0.39 is 11.8 Å². The van der Waals surface area contributed by atoms with E-state index in [4.69, 9.17) is 5.11 Å². The third kappa shape index (κ3) is 4.56. The Morgan fingerprint density at radius 3 is 2.83 bits per heavy atom. The quantitative estimate of drug-likeness (QED) is 0.746. The number of carboxylic acids is 1. The first-order valence-electron chi connectivity index (χ1n) is 5.91. The molecule has 100 valence electrons. The van der Waals surface area contributed by atoms with Crippen LogP contribution in [0.4, 0.5) is 10.1 Å². The number of carboxylic acid groups (broad SMARTS) is 1. The number of halogens is 1. The van der Waals surface area contributed by atoms with Crippen LogP contribution >= 0.6 is 11.8 Å². The molecule has 0 saturated heterocycles. The van der Waals surface area contributed by atoms with Crippen molar-refractivity contribution in [1.29, 1.82) is 0 Å². The maximum Gasteiger partial charge on any atom is 0.335 e. The smallest absolute Gasteiger partial charge is 0.335 e. The van der Waals surface area contributed by atoms with Gasteiger partial charge in [-0.25, -0.2) is 9.18 Å². The molecule has 1 aromatic carbocycles. The van der Waals surface area contributed by atoms with Gasteiger partial charge in [0, 0.05) is 6.04 Å². The van der Waals surface area contributed by atoms with Crippen molar-refractivity contribution in [2.45, 2.75) is 26.3 Å². The summed E-state index contributed by atoms with van der Waals surface area (Å²) in [5, 5.41) is 11.8. The summed E-state index contributed by atoms with van der Waals surface area (Å²) < 4.78 is 13.6. The first kappa shape index (κ1) is 14.8. The normalized spacial score (nSPS) is 12.2. The molecule has 0 aliphatic carbocycles. The van der Waals surface area contributed by atoms with Crippen LogP contribution in [0.5, 0.6) is 0 Å². The number of anilines is 1. The van der Waals surface area contributed by atoms with Gasteiger partial charge in [-0.1, -0.05) is 6.92 Å². The van der Waals surface area contributed by atoms with E-state index in [-0.39, 0.29) is 11.6 Å². The molecule has 2 N–H and O–H groups in total. The Hall–Kier alpha value is -1.23. The third-order valence-electron chi connectivity index (χ3n) is 2.52. The molecule has 0 fully saturated rings. The monoisotopic (exact) mass is 271 g/mol. The summed E-state index contributed by atoms with van der Waals surface area (Å²) in [4.78, 5) is 10.7. The molecule has 0 aliphatic rings. The van der Waals surface area contributed by atoms with Crippen molar-refractivity contribution in [3.63, 3.8) is 0 Å². The van der Waals surface area contributed by atoms with E-state index in [2.05, 4.69) is 12.2 Å². The van der Waals surface area contributed by atoms with E-state index in [9.17, 15) is 9.18 Å². The summed E-state index contributed by atoms with van der Waals surface area (Å²) in [7, 11) is 0. The van der Waals surface area contributed by atoms with E-state index in [1.165, 1.54) is 12.1 Å². The Kier molecular flexibility index (Phi) is 5.98. The average molecular weight is 271 g/mol. The van der Waals surface area contributed by atoms with Crippen LogP contribution in [0.3, 0.4) is 0 Å². The second-order valence-electron chi connectivity index (χ2n) is 4.03. The van der Waals surface area contributed by atoms with Crippen molar-refractivity contribution in [3.8, 4) is 0 Å². The Labute approximate surface area is 111 Å². The van der Waals surface area contributed by atoms with Crippen molar-refractivity contribution < 1.29 is 14.3 Å². The number of aromatic carboxylic acids is 1. The zero-order chi connectivity index (χ0) is 13.5. The highest BCUT2D eigenvalue weighted by Gasteiger charge is 2.10. The van der Waals surface area contributed by atoms with Crippen molar-refractivity contribution in [1.82, 2.24) is 0 Å². The van der Waals surface area contributed by atoms with Crippen LogP contribution in [0.15, 0.2) is 18.2 Å². The molecule has 18 heavy (non-hydrogen) atoms. The molecule has 1 atom stereocenters. The Morgan fingerprint density at radius 1 is 1.56 bits per heavy atom. The molecule has 0 radical (unpaired) electrons.